The van der Waals surface area contributed by atoms with Gasteiger partial charge >= 0.3 is 0 Å². The van der Waals surface area contributed by atoms with E-state index in [0.29, 0.717) is 5.92 Å². The van der Waals surface area contributed by atoms with Gasteiger partial charge in [-0.1, -0.05) is 5.16 Å². The van der Waals surface area contributed by atoms with Crippen LogP contribution in [0.5, 0.6) is 0 Å². The summed E-state index contributed by atoms with van der Waals surface area (Å²) in [6.45, 7) is 3.98. The van der Waals surface area contributed by atoms with Gasteiger partial charge in [0, 0.05) is 24.7 Å². The Bertz CT molecular complexity index is 531. The van der Waals surface area contributed by atoms with Crippen LogP contribution in [-0.2, 0) is 0 Å². The van der Waals surface area contributed by atoms with Gasteiger partial charge in [-0.3, -0.25) is 0 Å². The molecule has 1 N–H and O–H groups in total. The molecule has 1 atom stereocenters. The van der Waals surface area contributed by atoms with Crippen molar-refractivity contribution in [1.29, 1.82) is 0 Å². The minimum absolute atomic E-state index is 0.433. The molecular formula is C13H16N4O. The van der Waals surface area contributed by atoms with Crippen molar-refractivity contribution >= 4 is 0 Å². The van der Waals surface area contributed by atoms with Crippen LogP contribution in [0.1, 0.15) is 30.1 Å². The van der Waals surface area contributed by atoms with Gasteiger partial charge in [0.05, 0.1) is 17.0 Å². The van der Waals surface area contributed by atoms with E-state index in [4.69, 9.17) is 4.52 Å². The van der Waals surface area contributed by atoms with Gasteiger partial charge in [-0.2, -0.15) is 0 Å². The second-order valence-corrected chi connectivity index (χ2v) is 4.70. The molecule has 94 valence electrons. The Morgan fingerprint density at radius 1 is 1.44 bits per heavy atom. The van der Waals surface area contributed by atoms with Crippen LogP contribution in [0, 0.1) is 6.92 Å². The number of hydrogen-bond donors (Lipinski definition) is 1. The van der Waals surface area contributed by atoms with Gasteiger partial charge in [-0.05, 0) is 26.3 Å². The molecule has 0 spiro atoms. The summed E-state index contributed by atoms with van der Waals surface area (Å²) in [6.07, 6.45) is 5.77. The van der Waals surface area contributed by atoms with Crippen molar-refractivity contribution in [2.45, 2.75) is 25.7 Å². The van der Waals surface area contributed by atoms with E-state index >= 15 is 0 Å². The molecule has 1 fully saturated rings. The SMILES string of the molecule is Cc1cc(-c2cncnc2C2CCCNC2)on1. The standard InChI is InChI=1S/C13H16N4O/c1-9-5-12(18-17-9)11-7-15-8-16-13(11)10-3-2-4-14-6-10/h5,7-8,10,14H,2-4,6H2,1H3. The first-order valence-corrected chi connectivity index (χ1v) is 6.29. The van der Waals surface area contributed by atoms with Gasteiger partial charge in [0.25, 0.3) is 0 Å². The van der Waals surface area contributed by atoms with E-state index in [1.165, 1.54) is 6.42 Å². The van der Waals surface area contributed by atoms with Crippen LogP contribution in [0.15, 0.2) is 23.1 Å². The quantitative estimate of drug-likeness (QED) is 0.874. The third-order valence-corrected chi connectivity index (χ3v) is 3.32. The van der Waals surface area contributed by atoms with Gasteiger partial charge in [0.15, 0.2) is 5.76 Å². The largest absolute Gasteiger partial charge is 0.356 e. The molecule has 2 aromatic heterocycles. The van der Waals surface area contributed by atoms with E-state index in [9.17, 15) is 0 Å². The molecule has 0 saturated carbocycles. The number of hydrogen-bond acceptors (Lipinski definition) is 5. The zero-order valence-electron chi connectivity index (χ0n) is 10.4. The predicted octanol–water partition coefficient (Wildman–Crippen LogP) is 1.91. The summed E-state index contributed by atoms with van der Waals surface area (Å²) in [5, 5.41) is 7.34. The average Bonchev–Trinajstić information content (AvgIpc) is 2.86. The Kier molecular flexibility index (Phi) is 3.06. The first kappa shape index (κ1) is 11.3. The normalized spacial score (nSPS) is 19.9. The van der Waals surface area contributed by atoms with Crippen molar-refractivity contribution in [2.24, 2.45) is 0 Å². The second kappa shape index (κ2) is 4.86. The molecule has 0 radical (unpaired) electrons. The van der Waals surface area contributed by atoms with Crippen LogP contribution in [-0.4, -0.2) is 28.2 Å². The highest BCUT2D eigenvalue weighted by molar-refractivity contribution is 5.60. The van der Waals surface area contributed by atoms with Crippen LogP contribution in [0.25, 0.3) is 11.3 Å². The van der Waals surface area contributed by atoms with E-state index in [1.54, 1.807) is 6.33 Å². The minimum atomic E-state index is 0.433. The third-order valence-electron chi connectivity index (χ3n) is 3.32. The summed E-state index contributed by atoms with van der Waals surface area (Å²) < 4.78 is 5.33. The molecule has 0 aliphatic carbocycles. The van der Waals surface area contributed by atoms with E-state index in [1.807, 2.05) is 19.2 Å². The number of nitrogens with one attached hydrogen (secondary N) is 1. The Morgan fingerprint density at radius 3 is 3.11 bits per heavy atom. The average molecular weight is 244 g/mol. The highest BCUT2D eigenvalue weighted by Crippen LogP contribution is 2.30. The highest BCUT2D eigenvalue weighted by atomic mass is 16.5. The van der Waals surface area contributed by atoms with Gasteiger partial charge in [0.2, 0.25) is 0 Å². The monoisotopic (exact) mass is 244 g/mol. The molecule has 3 heterocycles. The number of nitrogens with zero attached hydrogens (tertiary/aromatic N) is 3. The van der Waals surface area contributed by atoms with Crippen molar-refractivity contribution in [3.63, 3.8) is 0 Å². The summed E-state index contributed by atoms with van der Waals surface area (Å²) in [4.78, 5) is 8.56. The van der Waals surface area contributed by atoms with Crippen LogP contribution < -0.4 is 5.32 Å². The highest BCUT2D eigenvalue weighted by Gasteiger charge is 2.21. The maximum Gasteiger partial charge on any atom is 0.170 e. The van der Waals surface area contributed by atoms with E-state index in [2.05, 4.69) is 20.4 Å². The molecule has 18 heavy (non-hydrogen) atoms. The van der Waals surface area contributed by atoms with Crippen molar-refractivity contribution in [1.82, 2.24) is 20.4 Å². The molecule has 5 heteroatoms. The minimum Gasteiger partial charge on any atom is -0.356 e. The summed E-state index contributed by atoms with van der Waals surface area (Å²) in [5.41, 5.74) is 2.90. The van der Waals surface area contributed by atoms with Crippen molar-refractivity contribution < 1.29 is 4.52 Å². The number of piperidine rings is 1. The molecule has 1 aliphatic heterocycles. The molecule has 0 amide bonds. The third kappa shape index (κ3) is 2.13. The first-order chi connectivity index (χ1) is 8.84. The Labute approximate surface area is 106 Å². The van der Waals surface area contributed by atoms with Gasteiger partial charge in [0.1, 0.15) is 6.33 Å². The smallest absolute Gasteiger partial charge is 0.170 e. The summed E-state index contributed by atoms with van der Waals surface area (Å²) in [5.74, 6) is 1.19. The van der Waals surface area contributed by atoms with Crippen LogP contribution in [0.3, 0.4) is 0 Å². The number of aromatic nitrogens is 3. The van der Waals surface area contributed by atoms with E-state index in [-0.39, 0.29) is 0 Å². The molecule has 2 aromatic rings. The van der Waals surface area contributed by atoms with Crippen LogP contribution >= 0.6 is 0 Å². The molecule has 0 bridgehead atoms. The second-order valence-electron chi connectivity index (χ2n) is 4.70. The first-order valence-electron chi connectivity index (χ1n) is 6.29. The van der Waals surface area contributed by atoms with E-state index < -0.39 is 0 Å². The molecule has 3 rings (SSSR count). The van der Waals surface area contributed by atoms with Crippen molar-refractivity contribution in [3.8, 4) is 11.3 Å². The van der Waals surface area contributed by atoms with Crippen molar-refractivity contribution in [2.75, 3.05) is 13.1 Å². The fourth-order valence-corrected chi connectivity index (χ4v) is 2.43. The Hall–Kier alpha value is -1.75. The maximum atomic E-state index is 5.33. The fourth-order valence-electron chi connectivity index (χ4n) is 2.43. The summed E-state index contributed by atoms with van der Waals surface area (Å²) in [7, 11) is 0. The van der Waals surface area contributed by atoms with Gasteiger partial charge in [-0.15, -0.1) is 0 Å². The molecule has 1 aliphatic rings. The predicted molar refractivity (Wildman–Crippen MR) is 67.1 cm³/mol. The van der Waals surface area contributed by atoms with Crippen LogP contribution in [0.2, 0.25) is 0 Å². The topological polar surface area (TPSA) is 63.8 Å². The fraction of sp³-hybridized carbons (Fsp3) is 0.462. The molecule has 0 aromatic carbocycles. The summed E-state index contributed by atoms with van der Waals surface area (Å²) >= 11 is 0. The number of rotatable bonds is 2. The lowest BCUT2D eigenvalue weighted by molar-refractivity contribution is 0.423. The maximum absolute atomic E-state index is 5.33. The van der Waals surface area contributed by atoms with Crippen LogP contribution in [0.4, 0.5) is 0 Å². The lowest BCUT2D eigenvalue weighted by atomic mass is 9.92. The Morgan fingerprint density at radius 2 is 2.39 bits per heavy atom. The lowest BCUT2D eigenvalue weighted by Crippen LogP contribution is -2.29. The van der Waals surface area contributed by atoms with Gasteiger partial charge in [-0.25, -0.2) is 9.97 Å². The Balaban J connectivity index is 1.99. The lowest BCUT2D eigenvalue weighted by Gasteiger charge is -2.23. The number of aryl methyl sites for hydroxylation is 1. The molecule has 1 saturated heterocycles. The molecular weight excluding hydrogens is 228 g/mol. The van der Waals surface area contributed by atoms with E-state index in [0.717, 1.165) is 42.2 Å². The molecule has 1 unspecified atom stereocenters. The van der Waals surface area contributed by atoms with Gasteiger partial charge < -0.3 is 9.84 Å². The zero-order chi connectivity index (χ0) is 12.4. The molecule has 5 nitrogen and oxygen atoms in total. The summed E-state index contributed by atoms with van der Waals surface area (Å²) in [6, 6.07) is 1.93. The zero-order valence-corrected chi connectivity index (χ0v) is 10.4. The van der Waals surface area contributed by atoms with Crippen molar-refractivity contribution in [3.05, 3.63) is 30.0 Å².